The number of hydrogen-bond acceptors (Lipinski definition) is 2. The fraction of sp³-hybridized carbons (Fsp3) is 0.857. The van der Waals surface area contributed by atoms with E-state index in [1.54, 1.807) is 0 Å². The Kier molecular flexibility index (Phi) is 5.50. The highest BCUT2D eigenvalue weighted by Gasteiger charge is 2.30. The van der Waals surface area contributed by atoms with Gasteiger partial charge in [0.1, 0.15) is 0 Å². The van der Waals surface area contributed by atoms with Crippen LogP contribution in [-0.4, -0.2) is 25.4 Å². The van der Waals surface area contributed by atoms with Crippen LogP contribution in [0.15, 0.2) is 11.6 Å². The zero-order chi connectivity index (χ0) is 12.0. The van der Waals surface area contributed by atoms with Gasteiger partial charge in [-0.2, -0.15) is 0 Å². The first kappa shape index (κ1) is 13.7. The number of allylic oxidation sites excluding steroid dienone is 1. The van der Waals surface area contributed by atoms with E-state index in [-0.39, 0.29) is 5.60 Å². The van der Waals surface area contributed by atoms with E-state index in [2.05, 4.69) is 26.8 Å². The predicted molar refractivity (Wildman–Crippen MR) is 67.6 cm³/mol. The standard InChI is InChI=1S/C14H26O2/c1-5-15-11-12-7-9-13(10-8-12)14(3,4)16-6-2/h7,13H,5-6,8-11H2,1-4H3. The molecule has 1 rings (SSSR count). The Bertz CT molecular complexity index is 231. The largest absolute Gasteiger partial charge is 0.377 e. The van der Waals surface area contributed by atoms with E-state index in [1.807, 2.05) is 6.92 Å². The maximum atomic E-state index is 5.82. The molecule has 0 aromatic rings. The van der Waals surface area contributed by atoms with Crippen LogP contribution < -0.4 is 0 Å². The third-order valence-electron chi connectivity index (χ3n) is 3.50. The van der Waals surface area contributed by atoms with Gasteiger partial charge < -0.3 is 9.47 Å². The van der Waals surface area contributed by atoms with Crippen molar-refractivity contribution in [3.8, 4) is 0 Å². The van der Waals surface area contributed by atoms with Gasteiger partial charge in [-0.25, -0.2) is 0 Å². The average Bonchev–Trinajstić information content (AvgIpc) is 2.27. The number of hydrogen-bond donors (Lipinski definition) is 0. The maximum Gasteiger partial charge on any atom is 0.0676 e. The molecule has 0 fully saturated rings. The Labute approximate surface area is 100 Å². The minimum Gasteiger partial charge on any atom is -0.377 e. The van der Waals surface area contributed by atoms with Gasteiger partial charge in [0.25, 0.3) is 0 Å². The van der Waals surface area contributed by atoms with Crippen LogP contribution in [0.3, 0.4) is 0 Å². The molecule has 0 saturated heterocycles. The summed E-state index contributed by atoms with van der Waals surface area (Å²) in [6.07, 6.45) is 5.88. The van der Waals surface area contributed by atoms with E-state index in [0.717, 1.165) is 26.2 Å². The molecule has 0 amide bonds. The Morgan fingerprint density at radius 3 is 2.56 bits per heavy atom. The van der Waals surface area contributed by atoms with Crippen LogP contribution in [-0.2, 0) is 9.47 Å². The molecule has 1 aliphatic carbocycles. The van der Waals surface area contributed by atoms with E-state index in [4.69, 9.17) is 9.47 Å². The monoisotopic (exact) mass is 226 g/mol. The molecule has 0 N–H and O–H groups in total. The second kappa shape index (κ2) is 6.41. The molecule has 1 atom stereocenters. The summed E-state index contributed by atoms with van der Waals surface area (Å²) in [6, 6.07) is 0. The fourth-order valence-electron chi connectivity index (χ4n) is 2.37. The van der Waals surface area contributed by atoms with Gasteiger partial charge in [0.05, 0.1) is 12.2 Å². The van der Waals surface area contributed by atoms with Gasteiger partial charge in [-0.15, -0.1) is 0 Å². The highest BCUT2D eigenvalue weighted by Crippen LogP contribution is 2.34. The average molecular weight is 226 g/mol. The van der Waals surface area contributed by atoms with Crippen molar-refractivity contribution < 1.29 is 9.47 Å². The van der Waals surface area contributed by atoms with Gasteiger partial charge in [-0.3, -0.25) is 0 Å². The summed E-state index contributed by atoms with van der Waals surface area (Å²) in [6.45, 7) is 11.0. The maximum absolute atomic E-state index is 5.82. The topological polar surface area (TPSA) is 18.5 Å². The summed E-state index contributed by atoms with van der Waals surface area (Å²) in [5, 5.41) is 0. The molecule has 0 saturated carbocycles. The van der Waals surface area contributed by atoms with Gasteiger partial charge >= 0.3 is 0 Å². The third-order valence-corrected chi connectivity index (χ3v) is 3.50. The molecule has 0 spiro atoms. The zero-order valence-electron chi connectivity index (χ0n) is 11.2. The summed E-state index contributed by atoms with van der Waals surface area (Å²) in [4.78, 5) is 0. The van der Waals surface area contributed by atoms with E-state index in [0.29, 0.717) is 5.92 Å². The van der Waals surface area contributed by atoms with E-state index in [1.165, 1.54) is 18.4 Å². The van der Waals surface area contributed by atoms with Crippen molar-refractivity contribution in [3.63, 3.8) is 0 Å². The van der Waals surface area contributed by atoms with Crippen LogP contribution in [0.2, 0.25) is 0 Å². The smallest absolute Gasteiger partial charge is 0.0676 e. The molecule has 0 heterocycles. The van der Waals surface area contributed by atoms with Crippen molar-refractivity contribution in [1.29, 1.82) is 0 Å². The SMILES string of the molecule is CCOCC1=CCC(C(C)(C)OCC)CC1. The molecule has 0 aromatic carbocycles. The lowest BCUT2D eigenvalue weighted by atomic mass is 9.79. The molecule has 2 heteroatoms. The Hall–Kier alpha value is -0.340. The molecular weight excluding hydrogens is 200 g/mol. The second-order valence-electron chi connectivity index (χ2n) is 5.01. The Morgan fingerprint density at radius 2 is 2.06 bits per heavy atom. The minimum atomic E-state index is 0.0163. The van der Waals surface area contributed by atoms with Gasteiger partial charge in [-0.1, -0.05) is 6.08 Å². The molecule has 1 aliphatic rings. The van der Waals surface area contributed by atoms with Gasteiger partial charge in [0.15, 0.2) is 0 Å². The first-order valence-electron chi connectivity index (χ1n) is 6.49. The normalized spacial score (nSPS) is 22.0. The van der Waals surface area contributed by atoms with Crippen LogP contribution in [0.4, 0.5) is 0 Å². The lowest BCUT2D eigenvalue weighted by molar-refractivity contribution is -0.0575. The van der Waals surface area contributed by atoms with Gasteiger partial charge in [-0.05, 0) is 58.4 Å². The second-order valence-corrected chi connectivity index (χ2v) is 5.01. The van der Waals surface area contributed by atoms with Crippen LogP contribution >= 0.6 is 0 Å². The van der Waals surface area contributed by atoms with E-state index in [9.17, 15) is 0 Å². The minimum absolute atomic E-state index is 0.0163. The van der Waals surface area contributed by atoms with Crippen LogP contribution in [0.25, 0.3) is 0 Å². The Balaban J connectivity index is 2.43. The summed E-state index contributed by atoms with van der Waals surface area (Å²) < 4.78 is 11.3. The molecule has 0 radical (unpaired) electrons. The molecule has 2 nitrogen and oxygen atoms in total. The van der Waals surface area contributed by atoms with Crippen LogP contribution in [0.5, 0.6) is 0 Å². The highest BCUT2D eigenvalue weighted by atomic mass is 16.5. The molecule has 0 aliphatic heterocycles. The summed E-state index contributed by atoms with van der Waals surface area (Å²) in [5.74, 6) is 0.651. The van der Waals surface area contributed by atoms with Gasteiger partial charge in [0.2, 0.25) is 0 Å². The van der Waals surface area contributed by atoms with Crippen LogP contribution in [0, 0.1) is 5.92 Å². The molecule has 0 bridgehead atoms. The predicted octanol–water partition coefficient (Wildman–Crippen LogP) is 3.56. The highest BCUT2D eigenvalue weighted by molar-refractivity contribution is 5.08. The third kappa shape index (κ3) is 3.91. The summed E-state index contributed by atoms with van der Waals surface area (Å²) >= 11 is 0. The Morgan fingerprint density at radius 1 is 1.31 bits per heavy atom. The first-order chi connectivity index (χ1) is 7.60. The zero-order valence-corrected chi connectivity index (χ0v) is 11.2. The summed E-state index contributed by atoms with van der Waals surface area (Å²) in [5.41, 5.74) is 1.48. The first-order valence-corrected chi connectivity index (χ1v) is 6.49. The van der Waals surface area contributed by atoms with Crippen molar-refractivity contribution in [2.75, 3.05) is 19.8 Å². The van der Waals surface area contributed by atoms with Gasteiger partial charge in [0, 0.05) is 13.2 Å². The lowest BCUT2D eigenvalue weighted by Crippen LogP contribution is -2.35. The van der Waals surface area contributed by atoms with Crippen molar-refractivity contribution in [2.45, 2.75) is 52.6 Å². The molecule has 94 valence electrons. The van der Waals surface area contributed by atoms with E-state index >= 15 is 0 Å². The van der Waals surface area contributed by atoms with Crippen molar-refractivity contribution in [1.82, 2.24) is 0 Å². The number of rotatable bonds is 6. The quantitative estimate of drug-likeness (QED) is 0.645. The molecular formula is C14H26O2. The summed E-state index contributed by atoms with van der Waals surface area (Å²) in [7, 11) is 0. The van der Waals surface area contributed by atoms with E-state index < -0.39 is 0 Å². The number of ether oxygens (including phenoxy) is 2. The molecule has 1 unspecified atom stereocenters. The van der Waals surface area contributed by atoms with Crippen molar-refractivity contribution in [2.24, 2.45) is 5.92 Å². The molecule has 0 aromatic heterocycles. The fourth-order valence-corrected chi connectivity index (χ4v) is 2.37. The van der Waals surface area contributed by atoms with Crippen molar-refractivity contribution >= 4 is 0 Å². The lowest BCUT2D eigenvalue weighted by Gasteiger charge is -2.36. The van der Waals surface area contributed by atoms with Crippen LogP contribution in [0.1, 0.15) is 47.0 Å². The van der Waals surface area contributed by atoms with Crippen molar-refractivity contribution in [3.05, 3.63) is 11.6 Å². The molecule has 16 heavy (non-hydrogen) atoms.